The normalized spacial score (nSPS) is 17.8. The van der Waals surface area contributed by atoms with Crippen molar-refractivity contribution in [2.45, 2.75) is 46.2 Å². The zero-order chi connectivity index (χ0) is 22.5. The number of anilines is 2. The highest BCUT2D eigenvalue weighted by atomic mass is 19.1. The van der Waals surface area contributed by atoms with Crippen molar-refractivity contribution in [3.8, 4) is 11.8 Å². The molecule has 0 aromatic heterocycles. The Balaban J connectivity index is 1.65. The van der Waals surface area contributed by atoms with Crippen molar-refractivity contribution in [1.29, 1.82) is 0 Å². The van der Waals surface area contributed by atoms with Crippen molar-refractivity contribution in [3.05, 3.63) is 59.4 Å². The molecule has 31 heavy (non-hydrogen) atoms. The van der Waals surface area contributed by atoms with Gasteiger partial charge in [0, 0.05) is 23.6 Å². The van der Waals surface area contributed by atoms with Gasteiger partial charge < -0.3 is 25.3 Å². The second kappa shape index (κ2) is 9.69. The lowest BCUT2D eigenvalue weighted by Crippen LogP contribution is -2.26. The summed E-state index contributed by atoms with van der Waals surface area (Å²) in [6, 6.07) is 12.9. The smallest absolute Gasteiger partial charge is 0.163 e. The minimum Gasteiger partial charge on any atom is -0.396 e. The average molecular weight is 427 g/mol. The van der Waals surface area contributed by atoms with Crippen LogP contribution < -0.4 is 11.1 Å². The standard InChI is InChI=1S/C25H31FN2O3/c1-24(2,17-29-15-18-8-6-5-7-9-18)11-10-19-12-22(27)21(26)13-23(19)28-14-20-16-30-25(3,4)31-20/h5-9,12-13,20,28H,14-17,27H2,1-4H3. The molecule has 0 saturated carbocycles. The predicted molar refractivity (Wildman–Crippen MR) is 121 cm³/mol. The molecule has 0 spiro atoms. The zero-order valence-corrected chi connectivity index (χ0v) is 18.6. The van der Waals surface area contributed by atoms with Crippen molar-refractivity contribution in [3.63, 3.8) is 0 Å². The number of nitrogens with one attached hydrogen (secondary N) is 1. The number of nitrogen functional groups attached to an aromatic ring is 1. The van der Waals surface area contributed by atoms with E-state index in [-0.39, 0.29) is 17.2 Å². The van der Waals surface area contributed by atoms with Crippen molar-refractivity contribution in [2.24, 2.45) is 5.41 Å². The van der Waals surface area contributed by atoms with Gasteiger partial charge in [0.25, 0.3) is 0 Å². The highest BCUT2D eigenvalue weighted by Crippen LogP contribution is 2.26. The summed E-state index contributed by atoms with van der Waals surface area (Å²) < 4.78 is 31.3. The Morgan fingerprint density at radius 3 is 2.68 bits per heavy atom. The molecular weight excluding hydrogens is 395 g/mol. The Kier molecular flexibility index (Phi) is 7.22. The van der Waals surface area contributed by atoms with Gasteiger partial charge >= 0.3 is 0 Å². The molecule has 0 radical (unpaired) electrons. The molecule has 1 aliphatic rings. The third-order valence-electron chi connectivity index (χ3n) is 4.83. The summed E-state index contributed by atoms with van der Waals surface area (Å²) in [5.41, 5.74) is 7.79. The summed E-state index contributed by atoms with van der Waals surface area (Å²) in [6.45, 7) is 9.71. The third kappa shape index (κ3) is 6.96. The van der Waals surface area contributed by atoms with Crippen LogP contribution in [0.4, 0.5) is 15.8 Å². The van der Waals surface area contributed by atoms with E-state index in [9.17, 15) is 4.39 Å². The quantitative estimate of drug-likeness (QED) is 0.502. The number of halogens is 1. The van der Waals surface area contributed by atoms with E-state index >= 15 is 0 Å². The first-order valence-corrected chi connectivity index (χ1v) is 10.4. The first kappa shape index (κ1) is 23.1. The van der Waals surface area contributed by atoms with Gasteiger partial charge in [-0.05, 0) is 39.3 Å². The number of hydrogen-bond acceptors (Lipinski definition) is 5. The Morgan fingerprint density at radius 1 is 1.26 bits per heavy atom. The molecule has 0 amide bonds. The van der Waals surface area contributed by atoms with Crippen LogP contribution in [0, 0.1) is 23.1 Å². The van der Waals surface area contributed by atoms with Gasteiger partial charge in [-0.2, -0.15) is 0 Å². The van der Waals surface area contributed by atoms with Gasteiger partial charge in [-0.15, -0.1) is 0 Å². The topological polar surface area (TPSA) is 65.7 Å². The Bertz CT molecular complexity index is 948. The maximum atomic E-state index is 14.1. The summed E-state index contributed by atoms with van der Waals surface area (Å²) >= 11 is 0. The molecule has 2 aromatic carbocycles. The average Bonchev–Trinajstić information content (AvgIpc) is 3.07. The minimum absolute atomic E-state index is 0.0644. The fourth-order valence-corrected chi connectivity index (χ4v) is 3.20. The largest absolute Gasteiger partial charge is 0.396 e. The highest BCUT2D eigenvalue weighted by molar-refractivity contribution is 5.65. The molecule has 166 valence electrons. The molecule has 3 N–H and O–H groups in total. The molecule has 0 aliphatic carbocycles. The van der Waals surface area contributed by atoms with Gasteiger partial charge in [-0.1, -0.05) is 42.2 Å². The summed E-state index contributed by atoms with van der Waals surface area (Å²) in [5.74, 6) is 5.30. The van der Waals surface area contributed by atoms with Crippen LogP contribution in [0.1, 0.15) is 38.8 Å². The van der Waals surface area contributed by atoms with Crippen LogP contribution in [-0.2, 0) is 20.8 Å². The molecule has 1 fully saturated rings. The summed E-state index contributed by atoms with van der Waals surface area (Å²) in [5, 5.41) is 3.23. The van der Waals surface area contributed by atoms with E-state index in [0.717, 1.165) is 5.56 Å². The lowest BCUT2D eigenvalue weighted by Gasteiger charge is -2.19. The molecule has 5 nitrogen and oxygen atoms in total. The number of benzene rings is 2. The Hall–Kier alpha value is -2.59. The monoisotopic (exact) mass is 426 g/mol. The summed E-state index contributed by atoms with van der Waals surface area (Å²) in [6.07, 6.45) is -0.126. The summed E-state index contributed by atoms with van der Waals surface area (Å²) in [7, 11) is 0. The first-order chi connectivity index (χ1) is 14.6. The molecule has 1 atom stereocenters. The SMILES string of the molecule is CC(C)(C#Cc1cc(N)c(F)cc1NCC1COC(C)(C)O1)COCc1ccccc1. The van der Waals surface area contributed by atoms with Gasteiger partial charge in [-0.3, -0.25) is 0 Å². The van der Waals surface area contributed by atoms with Crippen LogP contribution in [0.2, 0.25) is 0 Å². The van der Waals surface area contributed by atoms with Crippen molar-refractivity contribution in [1.82, 2.24) is 0 Å². The van der Waals surface area contributed by atoms with Crippen LogP contribution in [0.25, 0.3) is 0 Å². The van der Waals surface area contributed by atoms with Gasteiger partial charge in [0.05, 0.1) is 31.2 Å². The second-order valence-electron chi connectivity index (χ2n) is 8.86. The van der Waals surface area contributed by atoms with E-state index in [1.807, 2.05) is 58.0 Å². The molecule has 6 heteroatoms. The lowest BCUT2D eigenvalue weighted by molar-refractivity contribution is -0.136. The van der Waals surface area contributed by atoms with Crippen LogP contribution in [-0.4, -0.2) is 31.6 Å². The third-order valence-corrected chi connectivity index (χ3v) is 4.83. The second-order valence-corrected chi connectivity index (χ2v) is 8.86. The van der Waals surface area contributed by atoms with Gasteiger partial charge in [0.2, 0.25) is 0 Å². The maximum absolute atomic E-state index is 14.1. The Labute approximate surface area is 184 Å². The van der Waals surface area contributed by atoms with E-state index in [0.29, 0.717) is 37.6 Å². The molecule has 3 rings (SSSR count). The van der Waals surface area contributed by atoms with E-state index < -0.39 is 11.6 Å². The molecule has 2 aromatic rings. The molecule has 1 aliphatic heterocycles. The van der Waals surface area contributed by atoms with Crippen LogP contribution in [0.3, 0.4) is 0 Å². The first-order valence-electron chi connectivity index (χ1n) is 10.4. The van der Waals surface area contributed by atoms with Gasteiger partial charge in [-0.25, -0.2) is 4.39 Å². The van der Waals surface area contributed by atoms with Gasteiger partial charge in [0.15, 0.2) is 5.79 Å². The van der Waals surface area contributed by atoms with E-state index in [4.69, 9.17) is 19.9 Å². The molecule has 0 bridgehead atoms. The number of ether oxygens (including phenoxy) is 3. The minimum atomic E-state index is -0.606. The molecule has 1 unspecified atom stereocenters. The highest BCUT2D eigenvalue weighted by Gasteiger charge is 2.32. The van der Waals surface area contributed by atoms with E-state index in [1.54, 1.807) is 6.07 Å². The van der Waals surface area contributed by atoms with Crippen molar-refractivity contribution in [2.75, 3.05) is 30.8 Å². The number of hydrogen-bond donors (Lipinski definition) is 2. The fourth-order valence-electron chi connectivity index (χ4n) is 3.20. The van der Waals surface area contributed by atoms with Crippen molar-refractivity contribution < 1.29 is 18.6 Å². The fraction of sp³-hybridized carbons (Fsp3) is 0.440. The molecular formula is C25H31FN2O3. The maximum Gasteiger partial charge on any atom is 0.163 e. The Morgan fingerprint density at radius 2 is 2.00 bits per heavy atom. The van der Waals surface area contributed by atoms with Crippen molar-refractivity contribution >= 4 is 11.4 Å². The van der Waals surface area contributed by atoms with Crippen LogP contribution >= 0.6 is 0 Å². The van der Waals surface area contributed by atoms with E-state index in [1.165, 1.54) is 6.07 Å². The summed E-state index contributed by atoms with van der Waals surface area (Å²) in [4.78, 5) is 0. The van der Waals surface area contributed by atoms with E-state index in [2.05, 4.69) is 17.2 Å². The molecule has 1 heterocycles. The number of rotatable bonds is 7. The lowest BCUT2D eigenvalue weighted by atomic mass is 9.95. The van der Waals surface area contributed by atoms with Crippen LogP contribution in [0.15, 0.2) is 42.5 Å². The number of nitrogens with two attached hydrogens (primary N) is 1. The van der Waals surface area contributed by atoms with Gasteiger partial charge in [0.1, 0.15) is 11.9 Å². The predicted octanol–water partition coefficient (Wildman–Crippen LogP) is 4.57. The zero-order valence-electron chi connectivity index (χ0n) is 18.6. The van der Waals surface area contributed by atoms with Crippen LogP contribution in [0.5, 0.6) is 0 Å². The molecule has 1 saturated heterocycles.